The van der Waals surface area contributed by atoms with Gasteiger partial charge in [0.05, 0.1) is 17.7 Å². The van der Waals surface area contributed by atoms with Crippen molar-refractivity contribution < 1.29 is 27.5 Å². The first-order chi connectivity index (χ1) is 15.2. The zero-order valence-corrected chi connectivity index (χ0v) is 18.4. The number of benzene rings is 3. The molecular formula is C23H18BrF3N2O3. The van der Waals surface area contributed by atoms with E-state index in [-0.39, 0.29) is 11.3 Å². The Morgan fingerprint density at radius 1 is 0.906 bits per heavy atom. The van der Waals surface area contributed by atoms with Crippen LogP contribution in [0.4, 0.5) is 24.5 Å². The van der Waals surface area contributed by atoms with Crippen molar-refractivity contribution in [1.29, 1.82) is 0 Å². The summed E-state index contributed by atoms with van der Waals surface area (Å²) in [4.78, 5) is 25.0. The highest BCUT2D eigenvalue weighted by atomic mass is 79.9. The van der Waals surface area contributed by atoms with Crippen LogP contribution in [0.15, 0.2) is 71.2 Å². The first kappa shape index (κ1) is 23.3. The van der Waals surface area contributed by atoms with Gasteiger partial charge in [0.2, 0.25) is 0 Å². The summed E-state index contributed by atoms with van der Waals surface area (Å²) in [5, 5.41) is 5.16. The average Bonchev–Trinajstić information content (AvgIpc) is 2.75. The van der Waals surface area contributed by atoms with Gasteiger partial charge in [0.1, 0.15) is 5.75 Å². The lowest BCUT2D eigenvalue weighted by Gasteiger charge is -2.12. The summed E-state index contributed by atoms with van der Waals surface area (Å²) in [7, 11) is 0. The summed E-state index contributed by atoms with van der Waals surface area (Å²) in [6.45, 7) is 2.21. The second-order valence-corrected chi connectivity index (χ2v) is 7.55. The summed E-state index contributed by atoms with van der Waals surface area (Å²) in [5.41, 5.74) is 0.172. The van der Waals surface area contributed by atoms with E-state index in [2.05, 4.69) is 26.6 Å². The number of carbonyl (C=O) groups excluding carboxylic acids is 2. The third-order valence-electron chi connectivity index (χ3n) is 4.34. The molecule has 0 aliphatic heterocycles. The number of carbonyl (C=O) groups is 2. The van der Waals surface area contributed by atoms with Crippen molar-refractivity contribution in [2.24, 2.45) is 0 Å². The molecule has 3 aromatic rings. The Hall–Kier alpha value is -3.33. The maximum Gasteiger partial charge on any atom is 0.416 e. The molecule has 0 atom stereocenters. The Bertz CT molecular complexity index is 1130. The van der Waals surface area contributed by atoms with E-state index in [0.717, 1.165) is 12.1 Å². The predicted octanol–water partition coefficient (Wildman–Crippen LogP) is 6.37. The Kier molecular flexibility index (Phi) is 7.19. The molecule has 0 bridgehead atoms. The number of ether oxygens (including phenoxy) is 1. The molecule has 0 aliphatic carbocycles. The molecule has 32 heavy (non-hydrogen) atoms. The van der Waals surface area contributed by atoms with E-state index in [1.807, 2.05) is 6.92 Å². The van der Waals surface area contributed by atoms with Crippen LogP contribution in [0.2, 0.25) is 0 Å². The zero-order valence-electron chi connectivity index (χ0n) is 16.8. The van der Waals surface area contributed by atoms with E-state index in [0.29, 0.717) is 28.1 Å². The number of halogens is 4. The Balaban J connectivity index is 1.70. The minimum absolute atomic E-state index is 0.0281. The lowest BCUT2D eigenvalue weighted by molar-refractivity contribution is -0.137. The van der Waals surface area contributed by atoms with Gasteiger partial charge in [-0.3, -0.25) is 9.59 Å². The largest absolute Gasteiger partial charge is 0.493 e. The molecule has 0 unspecified atom stereocenters. The van der Waals surface area contributed by atoms with Crippen molar-refractivity contribution in [2.75, 3.05) is 17.2 Å². The van der Waals surface area contributed by atoms with Gasteiger partial charge in [0.25, 0.3) is 11.8 Å². The number of anilines is 2. The monoisotopic (exact) mass is 506 g/mol. The molecule has 0 radical (unpaired) electrons. The van der Waals surface area contributed by atoms with Crippen LogP contribution in [0.1, 0.15) is 33.2 Å². The van der Waals surface area contributed by atoms with Gasteiger partial charge in [-0.15, -0.1) is 0 Å². The van der Waals surface area contributed by atoms with Crippen LogP contribution in [0.25, 0.3) is 0 Å². The molecule has 0 spiro atoms. The van der Waals surface area contributed by atoms with Crippen LogP contribution in [-0.4, -0.2) is 18.4 Å². The first-order valence-corrected chi connectivity index (χ1v) is 10.3. The Morgan fingerprint density at radius 2 is 1.59 bits per heavy atom. The molecule has 3 aromatic carbocycles. The van der Waals surface area contributed by atoms with Gasteiger partial charge in [-0.1, -0.05) is 22.0 Å². The number of hydrogen-bond donors (Lipinski definition) is 2. The maximum absolute atomic E-state index is 12.8. The lowest BCUT2D eigenvalue weighted by Crippen LogP contribution is -2.15. The number of alkyl halides is 3. The van der Waals surface area contributed by atoms with Crippen molar-refractivity contribution in [3.8, 4) is 5.75 Å². The van der Waals surface area contributed by atoms with Crippen molar-refractivity contribution in [3.05, 3.63) is 87.9 Å². The van der Waals surface area contributed by atoms with E-state index in [4.69, 9.17) is 4.74 Å². The van der Waals surface area contributed by atoms with Crippen LogP contribution in [-0.2, 0) is 6.18 Å². The molecule has 5 nitrogen and oxygen atoms in total. The highest BCUT2D eigenvalue weighted by molar-refractivity contribution is 9.10. The van der Waals surface area contributed by atoms with Crippen LogP contribution < -0.4 is 15.4 Å². The number of nitrogens with one attached hydrogen (secondary N) is 2. The smallest absolute Gasteiger partial charge is 0.416 e. The summed E-state index contributed by atoms with van der Waals surface area (Å²) >= 11 is 3.33. The third-order valence-corrected chi connectivity index (χ3v) is 4.83. The van der Waals surface area contributed by atoms with E-state index >= 15 is 0 Å². The molecule has 0 aromatic heterocycles. The standard InChI is InChI=1S/C23H18BrF3N2O3/c1-2-32-20-11-8-16(24)13-19(20)22(31)28-17-9-6-14(7-10-17)21(30)29-18-5-3-4-15(12-18)23(25,26)27/h3-13H,2H2,1H3,(H,28,31)(H,29,30). The van der Waals surface area contributed by atoms with Gasteiger partial charge in [-0.05, 0) is 67.6 Å². The maximum atomic E-state index is 12.8. The summed E-state index contributed by atoms with van der Waals surface area (Å²) in [6, 6.07) is 15.4. The topological polar surface area (TPSA) is 67.4 Å². The Morgan fingerprint density at radius 3 is 2.25 bits per heavy atom. The zero-order chi connectivity index (χ0) is 23.3. The fourth-order valence-electron chi connectivity index (χ4n) is 2.84. The van der Waals surface area contributed by atoms with Crippen molar-refractivity contribution in [2.45, 2.75) is 13.1 Å². The first-order valence-electron chi connectivity index (χ1n) is 9.49. The fourth-order valence-corrected chi connectivity index (χ4v) is 3.20. The number of amides is 2. The quantitative estimate of drug-likeness (QED) is 0.408. The van der Waals surface area contributed by atoms with E-state index < -0.39 is 23.6 Å². The summed E-state index contributed by atoms with van der Waals surface area (Å²) in [6.07, 6.45) is -4.50. The highest BCUT2D eigenvalue weighted by Gasteiger charge is 2.30. The second-order valence-electron chi connectivity index (χ2n) is 6.64. The van der Waals surface area contributed by atoms with Crippen LogP contribution in [0, 0.1) is 0 Å². The van der Waals surface area contributed by atoms with Crippen molar-refractivity contribution >= 4 is 39.1 Å². The van der Waals surface area contributed by atoms with Crippen molar-refractivity contribution in [1.82, 2.24) is 0 Å². The summed E-state index contributed by atoms with van der Waals surface area (Å²) < 4.78 is 44.7. The van der Waals surface area contributed by atoms with E-state index in [9.17, 15) is 22.8 Å². The molecule has 0 aliphatic rings. The predicted molar refractivity (Wildman–Crippen MR) is 119 cm³/mol. The normalized spacial score (nSPS) is 11.0. The van der Waals surface area contributed by atoms with E-state index in [1.54, 1.807) is 18.2 Å². The van der Waals surface area contributed by atoms with Gasteiger partial charge in [-0.2, -0.15) is 13.2 Å². The molecular weight excluding hydrogens is 489 g/mol. The van der Waals surface area contributed by atoms with Gasteiger partial charge < -0.3 is 15.4 Å². The molecule has 3 rings (SSSR count). The molecule has 9 heteroatoms. The van der Waals surface area contributed by atoms with Gasteiger partial charge >= 0.3 is 6.18 Å². The van der Waals surface area contributed by atoms with Gasteiger partial charge in [-0.25, -0.2) is 0 Å². The SMILES string of the molecule is CCOc1ccc(Br)cc1C(=O)Nc1ccc(C(=O)Nc2cccc(C(F)(F)F)c2)cc1. The minimum atomic E-state index is -4.50. The molecule has 166 valence electrons. The number of hydrogen-bond acceptors (Lipinski definition) is 3. The average molecular weight is 507 g/mol. The Labute approximate surface area is 190 Å². The number of rotatable bonds is 6. The van der Waals surface area contributed by atoms with Crippen LogP contribution in [0.5, 0.6) is 5.75 Å². The van der Waals surface area contributed by atoms with Gasteiger partial charge in [0, 0.05) is 21.4 Å². The molecule has 2 N–H and O–H groups in total. The molecule has 0 saturated carbocycles. The summed E-state index contributed by atoms with van der Waals surface area (Å²) in [5.74, 6) is -0.533. The molecule has 0 heterocycles. The minimum Gasteiger partial charge on any atom is -0.493 e. The van der Waals surface area contributed by atoms with Crippen LogP contribution >= 0.6 is 15.9 Å². The second kappa shape index (κ2) is 9.86. The third kappa shape index (κ3) is 5.88. The fraction of sp³-hybridized carbons (Fsp3) is 0.130. The van der Waals surface area contributed by atoms with E-state index in [1.165, 1.54) is 36.4 Å². The van der Waals surface area contributed by atoms with Gasteiger partial charge in [0.15, 0.2) is 0 Å². The van der Waals surface area contributed by atoms with Crippen molar-refractivity contribution in [3.63, 3.8) is 0 Å². The highest BCUT2D eigenvalue weighted by Crippen LogP contribution is 2.31. The van der Waals surface area contributed by atoms with Crippen LogP contribution in [0.3, 0.4) is 0 Å². The lowest BCUT2D eigenvalue weighted by atomic mass is 10.1. The molecule has 2 amide bonds. The molecule has 0 saturated heterocycles. The molecule has 0 fully saturated rings.